The van der Waals surface area contributed by atoms with Crippen molar-refractivity contribution < 1.29 is 14.3 Å². The molecule has 2 N–H and O–H groups in total. The van der Waals surface area contributed by atoms with Gasteiger partial charge in [0.05, 0.1) is 12.7 Å². The molecule has 3 rings (SSSR count). The van der Waals surface area contributed by atoms with Gasteiger partial charge in [-0.3, -0.25) is 14.6 Å². The van der Waals surface area contributed by atoms with E-state index in [4.69, 9.17) is 4.74 Å². The summed E-state index contributed by atoms with van der Waals surface area (Å²) in [6, 6.07) is 12.2. The van der Waals surface area contributed by atoms with Gasteiger partial charge in [0, 0.05) is 34.1 Å². The Morgan fingerprint density at radius 2 is 1.90 bits per heavy atom. The number of ether oxygens (including phenoxy) is 1. The fourth-order valence-electron chi connectivity index (χ4n) is 2.87. The number of H-pyrrole nitrogens is 1. The third kappa shape index (κ3) is 4.95. The Balaban J connectivity index is 1.69. The molecular formula is C22H21N3O4. The minimum atomic E-state index is -0.749. The van der Waals surface area contributed by atoms with Gasteiger partial charge in [-0.05, 0) is 25.5 Å². The van der Waals surface area contributed by atoms with Crippen LogP contribution in [0, 0.1) is 6.92 Å². The summed E-state index contributed by atoms with van der Waals surface area (Å²) < 4.78 is 5.25. The number of carbonyl (C=O) groups is 2. The van der Waals surface area contributed by atoms with E-state index in [1.165, 1.54) is 6.20 Å². The van der Waals surface area contributed by atoms with Crippen LogP contribution in [0.3, 0.4) is 0 Å². The highest BCUT2D eigenvalue weighted by atomic mass is 16.6. The second kappa shape index (κ2) is 8.97. The van der Waals surface area contributed by atoms with Gasteiger partial charge in [-0.1, -0.05) is 37.3 Å². The summed E-state index contributed by atoms with van der Waals surface area (Å²) in [6.07, 6.45) is 2.89. The van der Waals surface area contributed by atoms with Crippen LogP contribution in [0.1, 0.15) is 28.5 Å². The highest BCUT2D eigenvalue weighted by molar-refractivity contribution is 5.98. The summed E-state index contributed by atoms with van der Waals surface area (Å²) in [6.45, 7) is 3.53. The van der Waals surface area contributed by atoms with Gasteiger partial charge in [0.1, 0.15) is 0 Å². The monoisotopic (exact) mass is 391 g/mol. The fraction of sp³-hybridized carbons (Fsp3) is 0.182. The molecule has 0 bridgehead atoms. The molecule has 2 aromatic heterocycles. The van der Waals surface area contributed by atoms with Crippen LogP contribution in [0.5, 0.6) is 5.75 Å². The van der Waals surface area contributed by atoms with E-state index in [2.05, 4.69) is 15.3 Å². The van der Waals surface area contributed by atoms with Crippen LogP contribution in [-0.4, -0.2) is 28.4 Å². The van der Waals surface area contributed by atoms with Crippen molar-refractivity contribution in [2.75, 3.05) is 6.54 Å². The number of aryl methyl sites for hydroxylation is 2. The molecule has 1 amide bonds. The van der Waals surface area contributed by atoms with Crippen LogP contribution in [0.15, 0.2) is 59.7 Å². The molecule has 0 spiro atoms. The summed E-state index contributed by atoms with van der Waals surface area (Å²) in [5, 5.41) is 2.44. The number of rotatable bonds is 6. The van der Waals surface area contributed by atoms with E-state index in [1.54, 1.807) is 43.5 Å². The quantitative estimate of drug-likeness (QED) is 0.628. The van der Waals surface area contributed by atoms with Crippen LogP contribution < -0.4 is 15.6 Å². The van der Waals surface area contributed by atoms with Gasteiger partial charge in [0.15, 0.2) is 11.5 Å². The van der Waals surface area contributed by atoms with Crippen molar-refractivity contribution in [2.45, 2.75) is 20.3 Å². The van der Waals surface area contributed by atoms with E-state index in [0.717, 1.165) is 5.56 Å². The lowest BCUT2D eigenvalue weighted by molar-refractivity contribution is 0.0988. The number of nitrogens with zero attached hydrogens (tertiary/aromatic N) is 1. The van der Waals surface area contributed by atoms with E-state index < -0.39 is 6.09 Å². The molecule has 29 heavy (non-hydrogen) atoms. The average Bonchev–Trinajstić information content (AvgIpc) is 2.73. The van der Waals surface area contributed by atoms with Crippen molar-refractivity contribution in [3.05, 3.63) is 82.0 Å². The predicted molar refractivity (Wildman–Crippen MR) is 109 cm³/mol. The normalized spacial score (nSPS) is 10.4. The Hall–Kier alpha value is -3.74. The molecule has 0 fully saturated rings. The van der Waals surface area contributed by atoms with Gasteiger partial charge >= 0.3 is 6.09 Å². The number of pyridine rings is 2. The number of amides is 1. The number of nitrogens with one attached hydrogen (secondary N) is 2. The zero-order valence-electron chi connectivity index (χ0n) is 16.2. The Labute approximate surface area is 167 Å². The average molecular weight is 391 g/mol. The number of hydrogen-bond donors (Lipinski definition) is 2. The van der Waals surface area contributed by atoms with Crippen LogP contribution in [0.2, 0.25) is 0 Å². The molecule has 0 saturated heterocycles. The topological polar surface area (TPSA) is 101 Å². The first kappa shape index (κ1) is 20.0. The summed E-state index contributed by atoms with van der Waals surface area (Å²) in [4.78, 5) is 43.0. The summed E-state index contributed by atoms with van der Waals surface area (Å²) in [5.41, 5.74) is 3.27. The van der Waals surface area contributed by atoms with E-state index in [9.17, 15) is 14.4 Å². The minimum Gasteiger partial charge on any atom is -0.409 e. The van der Waals surface area contributed by atoms with Crippen molar-refractivity contribution in [3.63, 3.8) is 0 Å². The smallest absolute Gasteiger partial charge is 0.409 e. The molecule has 0 aliphatic heterocycles. The van der Waals surface area contributed by atoms with Gasteiger partial charge in [-0.15, -0.1) is 0 Å². The third-order valence-electron chi connectivity index (χ3n) is 4.42. The molecule has 148 valence electrons. The van der Waals surface area contributed by atoms with E-state index >= 15 is 0 Å². The number of benzene rings is 1. The molecule has 0 saturated carbocycles. The fourth-order valence-corrected chi connectivity index (χ4v) is 2.87. The van der Waals surface area contributed by atoms with Crippen LogP contribution in [0.25, 0.3) is 11.1 Å². The Morgan fingerprint density at radius 1 is 1.14 bits per heavy atom. The first-order valence-electron chi connectivity index (χ1n) is 9.20. The van der Waals surface area contributed by atoms with Crippen molar-refractivity contribution >= 4 is 11.9 Å². The number of ketones is 1. The molecule has 2 heterocycles. The number of carbonyl (C=O) groups excluding carboxylic acids is 2. The number of aromatic amines is 1. The SMILES string of the molecule is CCc1cc(-c2cncc(OC(=O)NCC(=O)c3ccccc3)c2)c(C)[nH]c1=O. The Morgan fingerprint density at radius 3 is 2.62 bits per heavy atom. The minimum absolute atomic E-state index is 0.114. The third-order valence-corrected chi connectivity index (χ3v) is 4.42. The van der Waals surface area contributed by atoms with E-state index in [-0.39, 0.29) is 23.6 Å². The van der Waals surface area contributed by atoms with Gasteiger partial charge in [0.2, 0.25) is 0 Å². The van der Waals surface area contributed by atoms with Crippen molar-refractivity contribution in [2.24, 2.45) is 0 Å². The second-order valence-corrected chi connectivity index (χ2v) is 6.46. The first-order chi connectivity index (χ1) is 14.0. The molecule has 0 unspecified atom stereocenters. The lowest BCUT2D eigenvalue weighted by atomic mass is 10.0. The zero-order chi connectivity index (χ0) is 20.8. The van der Waals surface area contributed by atoms with Gasteiger partial charge in [-0.25, -0.2) is 4.79 Å². The van der Waals surface area contributed by atoms with E-state index in [0.29, 0.717) is 28.8 Å². The highest BCUT2D eigenvalue weighted by Gasteiger charge is 2.12. The molecule has 7 heteroatoms. The molecular weight excluding hydrogens is 370 g/mol. The molecule has 0 aliphatic carbocycles. The lowest BCUT2D eigenvalue weighted by Gasteiger charge is -2.10. The van der Waals surface area contributed by atoms with Crippen molar-refractivity contribution in [1.82, 2.24) is 15.3 Å². The second-order valence-electron chi connectivity index (χ2n) is 6.46. The maximum Gasteiger partial charge on any atom is 0.413 e. The van der Waals surface area contributed by atoms with Crippen LogP contribution in [-0.2, 0) is 6.42 Å². The predicted octanol–water partition coefficient (Wildman–Crippen LogP) is 3.28. The standard InChI is InChI=1S/C22H21N3O4/c1-3-15-10-19(14(2)25-21(15)27)17-9-18(12-23-11-17)29-22(28)24-13-20(26)16-7-5-4-6-8-16/h4-12H,3,13H2,1-2H3,(H,24,28)(H,25,27). The van der Waals surface area contributed by atoms with Crippen LogP contribution in [0.4, 0.5) is 4.79 Å². The van der Waals surface area contributed by atoms with Gasteiger partial charge < -0.3 is 15.0 Å². The molecule has 7 nitrogen and oxygen atoms in total. The summed E-state index contributed by atoms with van der Waals surface area (Å²) in [7, 11) is 0. The summed E-state index contributed by atoms with van der Waals surface area (Å²) in [5.74, 6) is 0.0150. The zero-order valence-corrected chi connectivity index (χ0v) is 16.2. The first-order valence-corrected chi connectivity index (χ1v) is 9.20. The molecule has 0 atom stereocenters. The maximum absolute atomic E-state index is 12.1. The number of aromatic nitrogens is 2. The largest absolute Gasteiger partial charge is 0.413 e. The van der Waals surface area contributed by atoms with E-state index in [1.807, 2.05) is 19.1 Å². The van der Waals surface area contributed by atoms with Crippen molar-refractivity contribution in [1.29, 1.82) is 0 Å². The number of hydrogen-bond acceptors (Lipinski definition) is 5. The molecule has 0 radical (unpaired) electrons. The lowest BCUT2D eigenvalue weighted by Crippen LogP contribution is -2.32. The molecule has 1 aromatic carbocycles. The van der Waals surface area contributed by atoms with Crippen LogP contribution >= 0.6 is 0 Å². The number of Topliss-reactive ketones (excluding diaryl/α,β-unsaturated/α-hetero) is 1. The molecule has 0 aliphatic rings. The summed E-state index contributed by atoms with van der Waals surface area (Å²) >= 11 is 0. The Kier molecular flexibility index (Phi) is 6.19. The van der Waals surface area contributed by atoms with Crippen molar-refractivity contribution in [3.8, 4) is 16.9 Å². The molecule has 3 aromatic rings. The maximum atomic E-state index is 12.1. The highest BCUT2D eigenvalue weighted by Crippen LogP contribution is 2.25. The Bertz CT molecular complexity index is 1090. The van der Waals surface area contributed by atoms with Gasteiger partial charge in [0.25, 0.3) is 5.56 Å². The van der Waals surface area contributed by atoms with Gasteiger partial charge in [-0.2, -0.15) is 0 Å².